The number of halogens is 1. The van der Waals surface area contributed by atoms with E-state index in [-0.39, 0.29) is 12.4 Å². The van der Waals surface area contributed by atoms with E-state index in [1.165, 1.54) is 19.2 Å². The SMILES string of the molecule is COc1ccc(B(O)O)c(COc2cccc(C)c2F)c1. The van der Waals surface area contributed by atoms with Crippen molar-refractivity contribution in [2.45, 2.75) is 13.5 Å². The summed E-state index contributed by atoms with van der Waals surface area (Å²) in [5.74, 6) is 0.255. The molecule has 0 heterocycles. The summed E-state index contributed by atoms with van der Waals surface area (Å²) in [5.41, 5.74) is 1.30. The highest BCUT2D eigenvalue weighted by Crippen LogP contribution is 2.21. The van der Waals surface area contributed by atoms with Gasteiger partial charge in [-0.3, -0.25) is 0 Å². The van der Waals surface area contributed by atoms with Crippen LogP contribution in [0.2, 0.25) is 0 Å². The average molecular weight is 290 g/mol. The van der Waals surface area contributed by atoms with Crippen LogP contribution in [0.1, 0.15) is 11.1 Å². The minimum atomic E-state index is -1.63. The maximum atomic E-state index is 13.9. The van der Waals surface area contributed by atoms with Crippen LogP contribution in [-0.4, -0.2) is 24.3 Å². The van der Waals surface area contributed by atoms with Crippen LogP contribution >= 0.6 is 0 Å². The predicted molar refractivity (Wildman–Crippen MR) is 78.3 cm³/mol. The van der Waals surface area contributed by atoms with Crippen molar-refractivity contribution in [3.63, 3.8) is 0 Å². The summed E-state index contributed by atoms with van der Waals surface area (Å²) in [7, 11) is -0.119. The Balaban J connectivity index is 2.24. The maximum absolute atomic E-state index is 13.9. The molecule has 2 rings (SSSR count). The monoisotopic (exact) mass is 290 g/mol. The van der Waals surface area contributed by atoms with Gasteiger partial charge in [-0.15, -0.1) is 0 Å². The summed E-state index contributed by atoms with van der Waals surface area (Å²) < 4.78 is 24.4. The van der Waals surface area contributed by atoms with Crippen LogP contribution < -0.4 is 14.9 Å². The molecule has 0 aliphatic carbocycles. The van der Waals surface area contributed by atoms with Crippen molar-refractivity contribution >= 4 is 12.6 Å². The number of hydrogen-bond donors (Lipinski definition) is 2. The van der Waals surface area contributed by atoms with E-state index in [1.807, 2.05) is 0 Å². The summed E-state index contributed by atoms with van der Waals surface area (Å²) in [6.07, 6.45) is 0. The van der Waals surface area contributed by atoms with E-state index < -0.39 is 12.9 Å². The normalized spacial score (nSPS) is 10.3. The Morgan fingerprint density at radius 2 is 1.95 bits per heavy atom. The molecule has 0 saturated carbocycles. The van der Waals surface area contributed by atoms with E-state index in [2.05, 4.69) is 0 Å². The lowest BCUT2D eigenvalue weighted by atomic mass is 9.77. The zero-order valence-electron chi connectivity index (χ0n) is 11.8. The van der Waals surface area contributed by atoms with Crippen LogP contribution in [0, 0.1) is 12.7 Å². The smallest absolute Gasteiger partial charge is 0.488 e. The van der Waals surface area contributed by atoms with Crippen LogP contribution in [0.15, 0.2) is 36.4 Å². The number of ether oxygens (including phenoxy) is 2. The van der Waals surface area contributed by atoms with Gasteiger partial charge in [0.1, 0.15) is 12.4 Å². The van der Waals surface area contributed by atoms with Gasteiger partial charge >= 0.3 is 7.12 Å². The molecule has 0 saturated heterocycles. The molecule has 2 aromatic carbocycles. The Bertz CT molecular complexity index is 631. The van der Waals surface area contributed by atoms with Gasteiger partial charge in [0, 0.05) is 0 Å². The third kappa shape index (κ3) is 3.54. The van der Waals surface area contributed by atoms with Crippen molar-refractivity contribution < 1.29 is 23.9 Å². The Morgan fingerprint density at radius 3 is 2.62 bits per heavy atom. The van der Waals surface area contributed by atoms with E-state index >= 15 is 0 Å². The Labute approximate surface area is 122 Å². The molecule has 0 unspecified atom stereocenters. The Kier molecular flexibility index (Phi) is 4.83. The average Bonchev–Trinajstić information content (AvgIpc) is 2.48. The van der Waals surface area contributed by atoms with Crippen LogP contribution in [0.25, 0.3) is 0 Å². The second kappa shape index (κ2) is 6.60. The van der Waals surface area contributed by atoms with E-state index in [0.29, 0.717) is 22.3 Å². The first kappa shape index (κ1) is 15.3. The fourth-order valence-corrected chi connectivity index (χ4v) is 1.97. The van der Waals surface area contributed by atoms with Gasteiger partial charge in [-0.25, -0.2) is 4.39 Å². The summed E-state index contributed by atoms with van der Waals surface area (Å²) in [6.45, 7) is 1.65. The molecule has 4 nitrogen and oxygen atoms in total. The third-order valence-corrected chi connectivity index (χ3v) is 3.17. The van der Waals surface area contributed by atoms with Gasteiger partial charge in [0.25, 0.3) is 0 Å². The van der Waals surface area contributed by atoms with E-state index in [4.69, 9.17) is 9.47 Å². The van der Waals surface area contributed by atoms with Crippen molar-refractivity contribution in [2.24, 2.45) is 0 Å². The minimum absolute atomic E-state index is 0.00449. The van der Waals surface area contributed by atoms with E-state index in [0.717, 1.165) is 0 Å². The summed E-state index contributed by atoms with van der Waals surface area (Å²) >= 11 is 0. The van der Waals surface area contributed by atoms with E-state index in [1.54, 1.807) is 31.2 Å². The molecule has 0 spiro atoms. The van der Waals surface area contributed by atoms with Crippen molar-refractivity contribution in [1.82, 2.24) is 0 Å². The van der Waals surface area contributed by atoms with Gasteiger partial charge < -0.3 is 19.5 Å². The van der Waals surface area contributed by atoms with Gasteiger partial charge in [0.15, 0.2) is 11.6 Å². The summed E-state index contributed by atoms with van der Waals surface area (Å²) in [4.78, 5) is 0. The van der Waals surface area contributed by atoms with Crippen molar-refractivity contribution in [1.29, 1.82) is 0 Å². The minimum Gasteiger partial charge on any atom is -0.497 e. The predicted octanol–water partition coefficient (Wildman–Crippen LogP) is 1.40. The van der Waals surface area contributed by atoms with Crippen LogP contribution in [0.3, 0.4) is 0 Å². The highest BCUT2D eigenvalue weighted by atomic mass is 19.1. The Morgan fingerprint density at radius 1 is 1.19 bits per heavy atom. The highest BCUT2D eigenvalue weighted by Gasteiger charge is 2.17. The molecule has 0 bridgehead atoms. The molecule has 0 aliphatic rings. The lowest BCUT2D eigenvalue weighted by molar-refractivity contribution is 0.289. The molecule has 2 N–H and O–H groups in total. The largest absolute Gasteiger partial charge is 0.497 e. The standard InChI is InChI=1S/C15H16BFO4/c1-10-4-3-5-14(15(10)17)21-9-11-8-12(20-2)6-7-13(11)16(18)19/h3-8,18-19H,9H2,1-2H3. The second-order valence-electron chi connectivity index (χ2n) is 4.61. The van der Waals surface area contributed by atoms with Gasteiger partial charge in [0.05, 0.1) is 7.11 Å². The zero-order chi connectivity index (χ0) is 15.4. The number of methoxy groups -OCH3 is 1. The van der Waals surface area contributed by atoms with Gasteiger partial charge in [-0.2, -0.15) is 0 Å². The first-order chi connectivity index (χ1) is 10.0. The molecule has 6 heteroatoms. The number of aryl methyl sites for hydroxylation is 1. The Hall–Kier alpha value is -2.05. The molecular weight excluding hydrogens is 274 g/mol. The van der Waals surface area contributed by atoms with E-state index in [9.17, 15) is 14.4 Å². The maximum Gasteiger partial charge on any atom is 0.488 e. The van der Waals surface area contributed by atoms with Crippen LogP contribution in [0.4, 0.5) is 4.39 Å². The molecule has 0 amide bonds. The fourth-order valence-electron chi connectivity index (χ4n) is 1.97. The number of hydrogen-bond acceptors (Lipinski definition) is 4. The molecular formula is C15H16BFO4. The molecule has 0 aromatic heterocycles. The van der Waals surface area contributed by atoms with Crippen molar-refractivity contribution in [2.75, 3.05) is 7.11 Å². The third-order valence-electron chi connectivity index (χ3n) is 3.17. The molecule has 0 atom stereocenters. The molecule has 110 valence electrons. The van der Waals surface area contributed by atoms with Crippen LogP contribution in [-0.2, 0) is 6.61 Å². The van der Waals surface area contributed by atoms with Gasteiger partial charge in [0.2, 0.25) is 0 Å². The molecule has 2 aromatic rings. The van der Waals surface area contributed by atoms with Gasteiger partial charge in [-0.1, -0.05) is 18.2 Å². The lowest BCUT2D eigenvalue weighted by Crippen LogP contribution is -2.33. The van der Waals surface area contributed by atoms with Crippen LogP contribution in [0.5, 0.6) is 11.5 Å². The molecule has 0 aliphatic heterocycles. The fraction of sp³-hybridized carbons (Fsp3) is 0.200. The second-order valence-corrected chi connectivity index (χ2v) is 4.61. The quantitative estimate of drug-likeness (QED) is 0.817. The molecule has 0 fully saturated rings. The van der Waals surface area contributed by atoms with Gasteiger partial charge in [-0.05, 0) is 41.7 Å². The lowest BCUT2D eigenvalue weighted by Gasteiger charge is -2.13. The van der Waals surface area contributed by atoms with Crippen molar-refractivity contribution in [3.05, 3.63) is 53.3 Å². The highest BCUT2D eigenvalue weighted by molar-refractivity contribution is 6.59. The summed E-state index contributed by atoms with van der Waals surface area (Å²) in [6, 6.07) is 9.65. The topological polar surface area (TPSA) is 58.9 Å². The number of rotatable bonds is 5. The first-order valence-corrected chi connectivity index (χ1v) is 6.43. The van der Waals surface area contributed by atoms with Crippen molar-refractivity contribution in [3.8, 4) is 11.5 Å². The molecule has 0 radical (unpaired) electrons. The number of benzene rings is 2. The summed E-state index contributed by atoms with van der Waals surface area (Å²) in [5, 5.41) is 18.7. The molecule has 21 heavy (non-hydrogen) atoms. The zero-order valence-corrected chi connectivity index (χ0v) is 11.8. The first-order valence-electron chi connectivity index (χ1n) is 6.43.